The molecule has 0 radical (unpaired) electrons. The topological polar surface area (TPSA) is 67.3 Å². The van der Waals surface area contributed by atoms with Gasteiger partial charge in [-0.1, -0.05) is 30.3 Å². The van der Waals surface area contributed by atoms with Crippen LogP contribution in [-0.4, -0.2) is 36.1 Å². The van der Waals surface area contributed by atoms with Gasteiger partial charge in [0.2, 0.25) is 11.9 Å². The summed E-state index contributed by atoms with van der Waals surface area (Å²) < 4.78 is 5.33. The molecule has 3 aromatic rings. The van der Waals surface area contributed by atoms with Gasteiger partial charge in [0.15, 0.2) is 0 Å². The highest BCUT2D eigenvalue weighted by molar-refractivity contribution is 5.83. The number of methoxy groups -OCH3 is 1. The van der Waals surface area contributed by atoms with Crippen molar-refractivity contribution in [2.75, 3.05) is 25.1 Å². The lowest BCUT2D eigenvalue weighted by Gasteiger charge is -2.32. The number of hydrogen-bond donors (Lipinski definition) is 1. The predicted octanol–water partition coefficient (Wildman–Crippen LogP) is 3.48. The van der Waals surface area contributed by atoms with Crippen LogP contribution in [0.15, 0.2) is 48.5 Å². The molecule has 4 rings (SSSR count). The van der Waals surface area contributed by atoms with Gasteiger partial charge < -0.3 is 15.0 Å². The molecule has 0 saturated carbocycles. The number of fused-ring (bicyclic) bond motifs is 1. The van der Waals surface area contributed by atoms with Crippen LogP contribution < -0.4 is 15.0 Å². The van der Waals surface area contributed by atoms with Crippen molar-refractivity contribution in [1.82, 2.24) is 15.3 Å². The van der Waals surface area contributed by atoms with E-state index in [0.717, 1.165) is 47.3 Å². The highest BCUT2D eigenvalue weighted by atomic mass is 16.5. The quantitative estimate of drug-likeness (QED) is 0.722. The van der Waals surface area contributed by atoms with E-state index in [4.69, 9.17) is 14.7 Å². The number of nitrogens with one attached hydrogen (secondary N) is 1. The summed E-state index contributed by atoms with van der Waals surface area (Å²) in [6.07, 6.45) is 1.83. The van der Waals surface area contributed by atoms with Crippen LogP contribution in [0.3, 0.4) is 0 Å². The third-order valence-corrected chi connectivity index (χ3v) is 5.47. The third-order valence-electron chi connectivity index (χ3n) is 5.47. The zero-order valence-corrected chi connectivity index (χ0v) is 16.9. The number of ether oxygens (including phenoxy) is 1. The summed E-state index contributed by atoms with van der Waals surface area (Å²) in [5.41, 5.74) is 2.90. The number of aryl methyl sites for hydroxylation is 1. The molecule has 0 spiro atoms. The van der Waals surface area contributed by atoms with Gasteiger partial charge in [0, 0.05) is 31.1 Å². The molecule has 1 saturated heterocycles. The maximum atomic E-state index is 12.7. The van der Waals surface area contributed by atoms with Crippen molar-refractivity contribution in [2.45, 2.75) is 26.3 Å². The Hall–Kier alpha value is -3.15. The number of piperidine rings is 1. The maximum absolute atomic E-state index is 12.7. The largest absolute Gasteiger partial charge is 0.497 e. The minimum absolute atomic E-state index is 0.0580. The Morgan fingerprint density at radius 3 is 2.83 bits per heavy atom. The van der Waals surface area contributed by atoms with E-state index in [2.05, 4.69) is 10.2 Å². The van der Waals surface area contributed by atoms with Crippen molar-refractivity contribution in [2.24, 2.45) is 5.92 Å². The van der Waals surface area contributed by atoms with Crippen LogP contribution in [0.2, 0.25) is 0 Å². The first-order chi connectivity index (χ1) is 14.1. The minimum Gasteiger partial charge on any atom is -0.497 e. The summed E-state index contributed by atoms with van der Waals surface area (Å²) in [6.45, 7) is 4.04. The molecule has 6 nitrogen and oxygen atoms in total. The van der Waals surface area contributed by atoms with E-state index in [0.29, 0.717) is 19.0 Å². The second kappa shape index (κ2) is 8.47. The summed E-state index contributed by atoms with van der Waals surface area (Å²) in [5, 5.41) is 4.09. The van der Waals surface area contributed by atoms with Gasteiger partial charge >= 0.3 is 0 Å². The fourth-order valence-electron chi connectivity index (χ4n) is 3.82. The number of benzene rings is 2. The molecule has 29 heavy (non-hydrogen) atoms. The van der Waals surface area contributed by atoms with Crippen LogP contribution in [-0.2, 0) is 11.3 Å². The van der Waals surface area contributed by atoms with Gasteiger partial charge in [-0.3, -0.25) is 4.79 Å². The van der Waals surface area contributed by atoms with Crippen LogP contribution in [0.25, 0.3) is 10.9 Å². The van der Waals surface area contributed by atoms with Gasteiger partial charge in [-0.05, 0) is 37.5 Å². The fourth-order valence-corrected chi connectivity index (χ4v) is 3.82. The number of carbonyl (C=O) groups excluding carboxylic acids is 1. The molecule has 1 N–H and O–H groups in total. The van der Waals surface area contributed by atoms with E-state index < -0.39 is 0 Å². The Balaban J connectivity index is 1.48. The van der Waals surface area contributed by atoms with E-state index >= 15 is 0 Å². The number of rotatable bonds is 5. The monoisotopic (exact) mass is 390 g/mol. The molecule has 2 aromatic carbocycles. The Morgan fingerprint density at radius 2 is 2.03 bits per heavy atom. The Morgan fingerprint density at radius 1 is 1.21 bits per heavy atom. The Bertz CT molecular complexity index is 1010. The molecule has 1 aliphatic rings. The van der Waals surface area contributed by atoms with E-state index in [1.54, 1.807) is 7.11 Å². The van der Waals surface area contributed by atoms with Gasteiger partial charge in [0.05, 0.1) is 24.2 Å². The number of carbonyl (C=O) groups is 1. The molecular formula is C23H26N4O2. The third kappa shape index (κ3) is 4.31. The van der Waals surface area contributed by atoms with Gasteiger partial charge in [-0.2, -0.15) is 0 Å². The molecule has 0 bridgehead atoms. The SMILES string of the molecule is COc1ccc2c(C)nc(N3CCCC(C(=O)NCc4ccccc4)C3)nc2c1. The summed E-state index contributed by atoms with van der Waals surface area (Å²) in [7, 11) is 1.65. The maximum Gasteiger partial charge on any atom is 0.226 e. The Kier molecular flexibility index (Phi) is 5.60. The van der Waals surface area contributed by atoms with Crippen molar-refractivity contribution in [3.05, 3.63) is 59.8 Å². The number of aromatic nitrogens is 2. The van der Waals surface area contributed by atoms with Gasteiger partial charge in [0.1, 0.15) is 5.75 Å². The number of nitrogens with zero attached hydrogens (tertiary/aromatic N) is 3. The zero-order chi connectivity index (χ0) is 20.2. The van der Waals surface area contributed by atoms with Crippen molar-refractivity contribution >= 4 is 22.8 Å². The average molecular weight is 390 g/mol. The molecule has 1 unspecified atom stereocenters. The number of anilines is 1. The summed E-state index contributed by atoms with van der Waals surface area (Å²) in [5.74, 6) is 1.50. The van der Waals surface area contributed by atoms with Crippen molar-refractivity contribution in [1.29, 1.82) is 0 Å². The van der Waals surface area contributed by atoms with Gasteiger partial charge in [-0.15, -0.1) is 0 Å². The Labute approximate surface area is 170 Å². The standard InChI is InChI=1S/C23H26N4O2/c1-16-20-11-10-19(29-2)13-21(20)26-23(25-16)27-12-6-9-18(15-27)22(28)24-14-17-7-4-3-5-8-17/h3-5,7-8,10-11,13,18H,6,9,12,14-15H2,1-2H3,(H,24,28). The second-order valence-electron chi connectivity index (χ2n) is 7.48. The molecule has 1 amide bonds. The summed E-state index contributed by atoms with van der Waals surface area (Å²) in [6, 6.07) is 15.8. The van der Waals surface area contributed by atoms with Crippen molar-refractivity contribution in [3.8, 4) is 5.75 Å². The lowest BCUT2D eigenvalue weighted by Crippen LogP contribution is -2.43. The number of hydrogen-bond acceptors (Lipinski definition) is 5. The minimum atomic E-state index is -0.0580. The molecule has 0 aliphatic carbocycles. The first-order valence-corrected chi connectivity index (χ1v) is 10.0. The van der Waals surface area contributed by atoms with Crippen LogP contribution in [0.1, 0.15) is 24.1 Å². The lowest BCUT2D eigenvalue weighted by atomic mass is 9.97. The van der Waals surface area contributed by atoms with E-state index in [9.17, 15) is 4.79 Å². The predicted molar refractivity (Wildman–Crippen MR) is 114 cm³/mol. The smallest absolute Gasteiger partial charge is 0.226 e. The molecule has 1 atom stereocenters. The molecule has 150 valence electrons. The highest BCUT2D eigenvalue weighted by Crippen LogP contribution is 2.26. The second-order valence-corrected chi connectivity index (χ2v) is 7.48. The molecule has 1 fully saturated rings. The van der Waals surface area contributed by atoms with E-state index in [1.165, 1.54) is 0 Å². The van der Waals surface area contributed by atoms with Crippen LogP contribution in [0, 0.1) is 12.8 Å². The van der Waals surface area contributed by atoms with Gasteiger partial charge in [0.25, 0.3) is 0 Å². The number of amides is 1. The average Bonchev–Trinajstić information content (AvgIpc) is 2.77. The molecular weight excluding hydrogens is 364 g/mol. The molecule has 1 aliphatic heterocycles. The zero-order valence-electron chi connectivity index (χ0n) is 16.9. The lowest BCUT2D eigenvalue weighted by molar-refractivity contribution is -0.125. The first kappa shape index (κ1) is 19.2. The molecule has 2 heterocycles. The van der Waals surface area contributed by atoms with E-state index in [1.807, 2.05) is 55.5 Å². The van der Waals surface area contributed by atoms with Crippen LogP contribution in [0.4, 0.5) is 5.95 Å². The van der Waals surface area contributed by atoms with Crippen LogP contribution in [0.5, 0.6) is 5.75 Å². The van der Waals surface area contributed by atoms with Crippen molar-refractivity contribution in [3.63, 3.8) is 0 Å². The summed E-state index contributed by atoms with van der Waals surface area (Å²) >= 11 is 0. The van der Waals surface area contributed by atoms with E-state index in [-0.39, 0.29) is 11.8 Å². The molecule has 6 heteroatoms. The molecule has 1 aromatic heterocycles. The van der Waals surface area contributed by atoms with Crippen LogP contribution >= 0.6 is 0 Å². The first-order valence-electron chi connectivity index (χ1n) is 10.0. The fraction of sp³-hybridized carbons (Fsp3) is 0.348. The summed E-state index contributed by atoms with van der Waals surface area (Å²) in [4.78, 5) is 24.3. The van der Waals surface area contributed by atoms with Crippen molar-refractivity contribution < 1.29 is 9.53 Å². The van der Waals surface area contributed by atoms with Gasteiger partial charge in [-0.25, -0.2) is 9.97 Å². The normalized spacial score (nSPS) is 16.6. The highest BCUT2D eigenvalue weighted by Gasteiger charge is 2.27.